The van der Waals surface area contributed by atoms with E-state index in [0.717, 1.165) is 18.5 Å². The normalized spacial score (nSPS) is 20.1. The second-order valence-electron chi connectivity index (χ2n) is 9.89. The zero-order chi connectivity index (χ0) is 23.6. The summed E-state index contributed by atoms with van der Waals surface area (Å²) in [5, 5.41) is 0. The summed E-state index contributed by atoms with van der Waals surface area (Å²) in [4.78, 5) is 0. The summed E-state index contributed by atoms with van der Waals surface area (Å²) in [6.45, 7) is 8.86. The molecule has 0 bridgehead atoms. The van der Waals surface area contributed by atoms with Crippen LogP contribution >= 0.6 is 0 Å². The molecule has 2 heterocycles. The Labute approximate surface area is 198 Å². The van der Waals surface area contributed by atoms with Gasteiger partial charge in [-0.1, -0.05) is 67.4 Å². The van der Waals surface area contributed by atoms with Crippen LogP contribution in [-0.2, 0) is 0 Å². The van der Waals surface area contributed by atoms with Crippen molar-refractivity contribution in [1.82, 2.24) is 4.57 Å². The molecule has 3 aromatic carbocycles. The van der Waals surface area contributed by atoms with Crippen molar-refractivity contribution in [3.63, 3.8) is 0 Å². The fraction of sp³-hybridized carbons (Fsp3) is 0.323. The lowest BCUT2D eigenvalue weighted by atomic mass is 9.83. The van der Waals surface area contributed by atoms with Crippen molar-refractivity contribution >= 4 is 0 Å². The van der Waals surface area contributed by atoms with Crippen LogP contribution in [0.15, 0.2) is 66.7 Å². The van der Waals surface area contributed by atoms with Gasteiger partial charge in [0.05, 0.1) is 11.5 Å². The standard InChI is InChI=1S/C31H33N2/c1-20-12-5-9-18-26(20)32-23(4)30-29(24-15-6-7-16-24)25-17-8-10-19-27(25)33(30)31(32)28-21(2)13-11-14-22(28)3/h5,8-14,17-19,24,29H,6-7,15-16H2,1-4H3/q+1/i29D. The molecule has 1 unspecified atom stereocenters. The number of rotatable bonds is 3. The van der Waals surface area contributed by atoms with Crippen molar-refractivity contribution < 1.29 is 5.94 Å². The van der Waals surface area contributed by atoms with E-state index in [1.54, 1.807) is 0 Å². The molecule has 166 valence electrons. The first kappa shape index (κ1) is 19.3. The molecular weight excluding hydrogens is 400 g/mol. The first-order chi connectivity index (χ1) is 16.4. The van der Waals surface area contributed by atoms with Gasteiger partial charge in [-0.2, -0.15) is 9.13 Å². The highest BCUT2D eigenvalue weighted by Crippen LogP contribution is 2.50. The first-order valence-corrected chi connectivity index (χ1v) is 12.3. The molecule has 0 saturated heterocycles. The van der Waals surface area contributed by atoms with Crippen molar-refractivity contribution in [2.24, 2.45) is 5.92 Å². The van der Waals surface area contributed by atoms with E-state index in [1.165, 1.54) is 63.6 Å². The Morgan fingerprint density at radius 3 is 2.15 bits per heavy atom. The van der Waals surface area contributed by atoms with E-state index >= 15 is 0 Å². The second-order valence-corrected chi connectivity index (χ2v) is 9.89. The monoisotopic (exact) mass is 434 g/mol. The van der Waals surface area contributed by atoms with E-state index in [9.17, 15) is 1.37 Å². The fourth-order valence-electron chi connectivity index (χ4n) is 6.33. The number of aromatic nitrogens is 2. The third kappa shape index (κ3) is 2.96. The lowest BCUT2D eigenvalue weighted by Crippen LogP contribution is -2.37. The molecule has 0 N–H and O–H groups in total. The molecular formula is C31H33N2+. The van der Waals surface area contributed by atoms with Gasteiger partial charge in [-0.05, 0) is 68.4 Å². The van der Waals surface area contributed by atoms with Gasteiger partial charge in [0.2, 0.25) is 0 Å². The predicted octanol–water partition coefficient (Wildman–Crippen LogP) is 7.29. The molecule has 2 heteroatoms. The zero-order valence-electron chi connectivity index (χ0n) is 21.2. The Balaban J connectivity index is 1.80. The van der Waals surface area contributed by atoms with E-state index < -0.39 is 5.89 Å². The van der Waals surface area contributed by atoms with Crippen molar-refractivity contribution in [2.45, 2.75) is 59.3 Å². The fourth-order valence-corrected chi connectivity index (χ4v) is 6.33. The van der Waals surface area contributed by atoms with Gasteiger partial charge in [0.25, 0.3) is 5.82 Å². The van der Waals surface area contributed by atoms with Gasteiger partial charge < -0.3 is 0 Å². The van der Waals surface area contributed by atoms with Gasteiger partial charge in [-0.15, -0.1) is 0 Å². The van der Waals surface area contributed by atoms with Crippen molar-refractivity contribution in [1.29, 1.82) is 0 Å². The number of imidazole rings is 1. The molecule has 1 aromatic heterocycles. The van der Waals surface area contributed by atoms with Crippen LogP contribution in [0.2, 0.25) is 0 Å². The van der Waals surface area contributed by atoms with Crippen LogP contribution in [-0.4, -0.2) is 4.57 Å². The molecule has 2 aliphatic rings. The van der Waals surface area contributed by atoms with Gasteiger partial charge in [-0.3, -0.25) is 0 Å². The number of nitrogens with zero attached hydrogens (tertiary/aromatic N) is 2. The minimum atomic E-state index is -0.726. The predicted molar refractivity (Wildman–Crippen MR) is 135 cm³/mol. The molecule has 1 aliphatic heterocycles. The summed E-state index contributed by atoms with van der Waals surface area (Å²) >= 11 is 0. The average molecular weight is 435 g/mol. The topological polar surface area (TPSA) is 8.81 Å². The van der Waals surface area contributed by atoms with E-state index in [1.807, 2.05) is 0 Å². The highest BCUT2D eigenvalue weighted by Gasteiger charge is 2.47. The molecule has 1 atom stereocenters. The van der Waals surface area contributed by atoms with E-state index in [2.05, 4.69) is 104 Å². The minimum absolute atomic E-state index is 0.347. The van der Waals surface area contributed by atoms with Crippen LogP contribution in [0, 0.1) is 33.6 Å². The Morgan fingerprint density at radius 2 is 1.42 bits per heavy atom. The van der Waals surface area contributed by atoms with E-state index in [-0.39, 0.29) is 0 Å². The maximum atomic E-state index is 10.1. The average Bonchev–Trinajstić information content (AvgIpc) is 3.52. The number of benzene rings is 3. The van der Waals surface area contributed by atoms with Crippen LogP contribution < -0.4 is 4.57 Å². The molecule has 1 fully saturated rings. The number of hydrogen-bond acceptors (Lipinski definition) is 0. The van der Waals surface area contributed by atoms with Crippen LogP contribution in [0.5, 0.6) is 0 Å². The first-order valence-electron chi connectivity index (χ1n) is 12.8. The van der Waals surface area contributed by atoms with Gasteiger partial charge in [0.1, 0.15) is 17.1 Å². The molecule has 6 rings (SSSR count). The highest BCUT2D eigenvalue weighted by molar-refractivity contribution is 5.69. The van der Waals surface area contributed by atoms with Crippen LogP contribution in [0.4, 0.5) is 0 Å². The third-order valence-electron chi connectivity index (χ3n) is 7.84. The van der Waals surface area contributed by atoms with Gasteiger partial charge in [0, 0.05) is 13.9 Å². The summed E-state index contributed by atoms with van der Waals surface area (Å²) in [6.07, 6.45) is 4.72. The Bertz CT molecular complexity index is 1400. The Hall–Kier alpha value is -3.13. The van der Waals surface area contributed by atoms with E-state index in [0.29, 0.717) is 5.92 Å². The van der Waals surface area contributed by atoms with Crippen molar-refractivity contribution in [2.75, 3.05) is 0 Å². The van der Waals surface area contributed by atoms with Crippen LogP contribution in [0.25, 0.3) is 22.8 Å². The highest BCUT2D eigenvalue weighted by atomic mass is 15.2. The zero-order valence-corrected chi connectivity index (χ0v) is 20.2. The molecule has 0 radical (unpaired) electrons. The molecule has 2 nitrogen and oxygen atoms in total. The van der Waals surface area contributed by atoms with Crippen molar-refractivity contribution in [3.05, 3.63) is 100 Å². The Kier molecular flexibility index (Phi) is 4.53. The molecule has 1 aliphatic carbocycles. The number of hydrogen-bond donors (Lipinski definition) is 0. The van der Waals surface area contributed by atoms with Gasteiger partial charge in [-0.25, -0.2) is 0 Å². The SMILES string of the molecule is [2H]C1(C2CCCC2)c2ccccc2-n2c1c(C)[n+](-c1ccccc1C)c2-c1c(C)cccc1C. The number of para-hydroxylation sites is 2. The summed E-state index contributed by atoms with van der Waals surface area (Å²) in [5.74, 6) is 0.799. The lowest BCUT2D eigenvalue weighted by molar-refractivity contribution is -0.590. The maximum Gasteiger partial charge on any atom is 0.300 e. The number of fused-ring (bicyclic) bond motifs is 3. The third-order valence-corrected chi connectivity index (χ3v) is 7.84. The van der Waals surface area contributed by atoms with Crippen LogP contribution in [0.1, 0.15) is 66.6 Å². The number of aryl methyl sites for hydroxylation is 3. The quantitative estimate of drug-likeness (QED) is 0.299. The molecule has 0 spiro atoms. The van der Waals surface area contributed by atoms with Gasteiger partial charge >= 0.3 is 0 Å². The summed E-state index contributed by atoms with van der Waals surface area (Å²) in [7, 11) is 0. The minimum Gasteiger partial charge on any atom is -0.192 e. The summed E-state index contributed by atoms with van der Waals surface area (Å²) in [5.41, 5.74) is 10.9. The largest absolute Gasteiger partial charge is 0.300 e. The van der Waals surface area contributed by atoms with Gasteiger partial charge in [0.15, 0.2) is 5.69 Å². The van der Waals surface area contributed by atoms with Crippen molar-refractivity contribution in [3.8, 4) is 22.8 Å². The molecule has 4 aromatic rings. The Morgan fingerprint density at radius 1 is 0.788 bits per heavy atom. The summed E-state index contributed by atoms with van der Waals surface area (Å²) in [6, 6.07) is 23.9. The maximum absolute atomic E-state index is 10.1. The lowest BCUT2D eigenvalue weighted by Gasteiger charge is -2.18. The smallest absolute Gasteiger partial charge is 0.192 e. The molecule has 1 saturated carbocycles. The molecule has 0 amide bonds. The summed E-state index contributed by atoms with van der Waals surface area (Å²) < 4.78 is 15.0. The molecule has 33 heavy (non-hydrogen) atoms. The van der Waals surface area contributed by atoms with Crippen LogP contribution in [0.3, 0.4) is 0 Å². The second kappa shape index (κ2) is 7.73. The van der Waals surface area contributed by atoms with E-state index in [4.69, 9.17) is 0 Å².